The first kappa shape index (κ1) is 43.3. The zero-order chi connectivity index (χ0) is 36.6. The van der Waals surface area contributed by atoms with Crippen molar-refractivity contribution in [1.82, 2.24) is 4.98 Å². The van der Waals surface area contributed by atoms with Crippen LogP contribution in [-0.2, 0) is 30.3 Å². The molecule has 51 heavy (non-hydrogen) atoms. The first-order chi connectivity index (χ1) is 23.9. The largest absolute Gasteiger partial charge is 0.512 e. The minimum absolute atomic E-state index is 0. The Hall–Kier alpha value is -2.11. The van der Waals surface area contributed by atoms with Crippen molar-refractivity contribution in [3.05, 3.63) is 71.6 Å². The molecule has 0 bridgehead atoms. The van der Waals surface area contributed by atoms with Gasteiger partial charge in [-0.2, -0.15) is 11.3 Å². The Morgan fingerprint density at radius 1 is 0.941 bits per heavy atom. The van der Waals surface area contributed by atoms with Gasteiger partial charge in [-0.25, -0.2) is 0 Å². The van der Waals surface area contributed by atoms with Crippen molar-refractivity contribution in [1.29, 1.82) is 0 Å². The summed E-state index contributed by atoms with van der Waals surface area (Å²) in [6, 6.07) is 19.8. The molecule has 1 radical (unpaired) electrons. The number of carbonyl (C=O) groups is 1. The molecule has 1 fully saturated rings. The van der Waals surface area contributed by atoms with E-state index in [1.807, 2.05) is 33.9 Å². The molecule has 0 amide bonds. The molecule has 0 spiro atoms. The molecule has 4 aromatic rings. The van der Waals surface area contributed by atoms with Crippen LogP contribution in [0.5, 0.6) is 0 Å². The summed E-state index contributed by atoms with van der Waals surface area (Å²) in [5.41, 5.74) is 6.19. The Bertz CT molecular complexity index is 1750. The average Bonchev–Trinajstić information content (AvgIpc) is 3.46. The summed E-state index contributed by atoms with van der Waals surface area (Å²) in [5.74, 6) is 0.547. The average molecular weight is 903 g/mol. The minimum atomic E-state index is -1.57. The molecular weight excluding hydrogens is 839 g/mol. The van der Waals surface area contributed by atoms with Gasteiger partial charge in [-0.05, 0) is 65.1 Å². The Morgan fingerprint density at radius 3 is 2.12 bits per heavy atom. The quantitative estimate of drug-likeness (QED) is 0.0667. The molecule has 2 aromatic carbocycles. The number of rotatable bonds is 12. The second-order valence-corrected chi connectivity index (χ2v) is 22.1. The maximum absolute atomic E-state index is 11.7. The van der Waals surface area contributed by atoms with Crippen LogP contribution in [0.15, 0.2) is 54.4 Å². The number of aromatic nitrogens is 1. The number of hydrogen-bond acceptors (Lipinski definition) is 4. The fourth-order valence-corrected chi connectivity index (χ4v) is 17.2. The monoisotopic (exact) mass is 903 g/mol. The van der Waals surface area contributed by atoms with Crippen molar-refractivity contribution in [2.75, 3.05) is 0 Å². The van der Waals surface area contributed by atoms with Gasteiger partial charge in [-0.3, -0.25) is 9.78 Å². The zero-order valence-electron chi connectivity index (χ0n) is 33.2. The fourth-order valence-electron chi connectivity index (χ4n) is 8.56. The third-order valence-corrected chi connectivity index (χ3v) is 20.5. The third kappa shape index (κ3) is 9.52. The van der Waals surface area contributed by atoms with Gasteiger partial charge in [-0.1, -0.05) is 136 Å². The van der Waals surface area contributed by atoms with Crippen LogP contribution < -0.4 is 4.50 Å². The number of benzene rings is 2. The summed E-state index contributed by atoms with van der Waals surface area (Å²) in [6.45, 7) is 22.4. The van der Waals surface area contributed by atoms with Crippen molar-refractivity contribution in [2.24, 2.45) is 11.8 Å². The van der Waals surface area contributed by atoms with Crippen molar-refractivity contribution < 1.29 is 30.0 Å². The Labute approximate surface area is 328 Å². The third-order valence-electron chi connectivity index (χ3n) is 11.9. The predicted molar refractivity (Wildman–Crippen MR) is 222 cm³/mol. The smallest absolute Gasteiger partial charge is 0.162 e. The number of fused-ring (bicyclic) bond motifs is 2. The molecular formula is C45H64IrNO2SSi-. The van der Waals surface area contributed by atoms with Crippen LogP contribution in [0.1, 0.15) is 131 Å². The van der Waals surface area contributed by atoms with E-state index < -0.39 is 8.07 Å². The number of hydrogen-bond donors (Lipinski definition) is 1. The molecule has 2 aromatic heterocycles. The molecule has 1 N–H and O–H groups in total. The van der Waals surface area contributed by atoms with Gasteiger partial charge in [0.15, 0.2) is 5.78 Å². The maximum atomic E-state index is 11.7. The van der Waals surface area contributed by atoms with Gasteiger partial charge in [0.25, 0.3) is 0 Å². The van der Waals surface area contributed by atoms with E-state index >= 15 is 0 Å². The van der Waals surface area contributed by atoms with Crippen LogP contribution in [0.2, 0.25) is 17.6 Å². The number of aryl methyl sites for hydroxylation is 1. The number of thiophene rings is 1. The topological polar surface area (TPSA) is 50.2 Å². The Morgan fingerprint density at radius 2 is 1.55 bits per heavy atom. The number of pyridine rings is 1. The van der Waals surface area contributed by atoms with E-state index in [0.717, 1.165) is 42.5 Å². The van der Waals surface area contributed by atoms with Gasteiger partial charge in [-0.15, -0.1) is 29.1 Å². The summed E-state index contributed by atoms with van der Waals surface area (Å²) in [6.07, 6.45) is 14.1. The van der Waals surface area contributed by atoms with Gasteiger partial charge in [0.2, 0.25) is 0 Å². The van der Waals surface area contributed by atoms with Crippen molar-refractivity contribution >= 4 is 50.6 Å². The fraction of sp³-hybridized carbons (Fsp3) is 0.556. The summed E-state index contributed by atoms with van der Waals surface area (Å²) in [7, 11) is -1.57. The number of allylic oxidation sites excluding steroid dienone is 2. The van der Waals surface area contributed by atoms with E-state index in [2.05, 4.69) is 95.3 Å². The molecule has 0 unspecified atom stereocenters. The van der Waals surface area contributed by atoms with E-state index in [4.69, 9.17) is 4.98 Å². The van der Waals surface area contributed by atoms with Gasteiger partial charge in [0.1, 0.15) is 8.07 Å². The molecule has 2 heterocycles. The van der Waals surface area contributed by atoms with Crippen LogP contribution in [0.25, 0.3) is 32.1 Å². The van der Waals surface area contributed by atoms with Crippen LogP contribution in [0.4, 0.5) is 0 Å². The van der Waals surface area contributed by atoms with E-state index in [9.17, 15) is 9.90 Å². The van der Waals surface area contributed by atoms with Gasteiger partial charge in [0, 0.05) is 54.6 Å². The number of aliphatic hydroxyl groups is 1. The zero-order valence-corrected chi connectivity index (χ0v) is 37.4. The molecule has 3 nitrogen and oxygen atoms in total. The SMILES string of the molecule is CCC(CC)C(=O)/C=C(\O)C(CC)CC.CC[Si](CC)(c1sc2c(-c3[c-]c4ccccc4c(C(C)(C)C)c3)nccc2c1C)C1CCCCC1.[Ir]. The standard InChI is InChI=1S/C32H40NSSi.C13H24O2.Ir/c1-7-35(8-2,25-15-10-9-11-16-25)31-22(3)26-18-19-33-29(30(26)34-31)24-20-23-14-12-13-17-27(23)28(21-24)32(4,5)6;1-5-10(6-2)12(14)9-13(15)11(7-3)8-4;/h12-14,17-19,21,25H,7-11,15-16H2,1-6H3;9-11,14H,5-8H2,1-4H3;/q-1;;/b;12-9-;. The second-order valence-electron chi connectivity index (χ2n) is 15.7. The predicted octanol–water partition coefficient (Wildman–Crippen LogP) is 13.4. The molecule has 6 heteroatoms. The first-order valence-electron chi connectivity index (χ1n) is 19.7. The summed E-state index contributed by atoms with van der Waals surface area (Å²) in [4.78, 5) is 16.7. The number of ketones is 1. The van der Waals surface area contributed by atoms with Crippen LogP contribution >= 0.6 is 11.3 Å². The normalized spacial score (nSPS) is 14.5. The minimum Gasteiger partial charge on any atom is -0.512 e. The van der Waals surface area contributed by atoms with Crippen molar-refractivity contribution in [2.45, 2.75) is 150 Å². The van der Waals surface area contributed by atoms with E-state index in [1.54, 1.807) is 10.1 Å². The van der Waals surface area contributed by atoms with Crippen LogP contribution in [-0.4, -0.2) is 23.9 Å². The molecule has 1 aliphatic carbocycles. The summed E-state index contributed by atoms with van der Waals surface area (Å²) in [5, 5.41) is 13.7. The second kappa shape index (κ2) is 19.3. The number of nitrogens with zero attached hydrogens (tertiary/aromatic N) is 1. The van der Waals surface area contributed by atoms with Gasteiger partial charge >= 0.3 is 0 Å². The van der Waals surface area contributed by atoms with Gasteiger partial charge < -0.3 is 5.11 Å². The Balaban J connectivity index is 0.000000374. The molecule has 1 aliphatic rings. The molecule has 1 saturated carbocycles. The molecule has 281 valence electrons. The molecule has 0 aliphatic heterocycles. The van der Waals surface area contributed by atoms with Gasteiger partial charge in [0.05, 0.1) is 5.76 Å². The summed E-state index contributed by atoms with van der Waals surface area (Å²) < 4.78 is 3.14. The molecule has 5 rings (SSSR count). The number of carbonyl (C=O) groups excluding carboxylic acids is 1. The number of aliphatic hydroxyl groups excluding tert-OH is 1. The van der Waals surface area contributed by atoms with E-state index in [0.29, 0.717) is 0 Å². The Kier molecular flexibility index (Phi) is 16.4. The molecule has 0 saturated heterocycles. The van der Waals surface area contributed by atoms with E-state index in [1.165, 1.54) is 76.7 Å². The maximum Gasteiger partial charge on any atom is 0.162 e. The van der Waals surface area contributed by atoms with E-state index in [-0.39, 0.29) is 48.9 Å². The van der Waals surface area contributed by atoms with Crippen LogP contribution in [0, 0.1) is 24.8 Å². The first-order valence-corrected chi connectivity index (χ1v) is 23.0. The van der Waals surface area contributed by atoms with Crippen LogP contribution in [0.3, 0.4) is 0 Å². The summed E-state index contributed by atoms with van der Waals surface area (Å²) >= 11 is 2.09. The van der Waals surface area contributed by atoms with Crippen molar-refractivity contribution in [3.8, 4) is 11.3 Å². The molecule has 0 atom stereocenters. The van der Waals surface area contributed by atoms with Crippen molar-refractivity contribution in [3.63, 3.8) is 0 Å².